The van der Waals surface area contributed by atoms with Crippen LogP contribution < -0.4 is 15.4 Å². The van der Waals surface area contributed by atoms with Gasteiger partial charge in [-0.25, -0.2) is 0 Å². The van der Waals surface area contributed by atoms with Gasteiger partial charge in [-0.2, -0.15) is 0 Å². The van der Waals surface area contributed by atoms with Gasteiger partial charge >= 0.3 is 0 Å². The molecule has 1 amide bonds. The number of guanidine groups is 1. The summed E-state index contributed by atoms with van der Waals surface area (Å²) in [6.07, 6.45) is 3.01. The van der Waals surface area contributed by atoms with Gasteiger partial charge in [0.05, 0.1) is 0 Å². The standard InChI is InChI=1S/C25H34N4O2/c1-4-26-25(29(3)17-21-8-6-5-7-19(21)2)27-16-15-20-9-13-23(14-10-20)31-18-24(30)28-22-11-12-22/h5-10,13-14,22H,4,11-12,15-18H2,1-3H3,(H,26,27)(H,28,30). The summed E-state index contributed by atoms with van der Waals surface area (Å²) in [5, 5.41) is 6.30. The molecule has 0 bridgehead atoms. The number of amides is 1. The number of nitrogens with one attached hydrogen (secondary N) is 2. The molecule has 0 aromatic heterocycles. The lowest BCUT2D eigenvalue weighted by atomic mass is 10.1. The first kappa shape index (κ1) is 22.7. The van der Waals surface area contributed by atoms with Gasteiger partial charge in [-0.15, -0.1) is 0 Å². The molecule has 0 spiro atoms. The highest BCUT2D eigenvalue weighted by atomic mass is 16.5. The maximum absolute atomic E-state index is 11.7. The van der Waals surface area contributed by atoms with E-state index in [1.807, 2.05) is 24.3 Å². The second kappa shape index (κ2) is 11.4. The fourth-order valence-corrected chi connectivity index (χ4v) is 3.28. The normalized spacial score (nSPS) is 13.6. The molecule has 31 heavy (non-hydrogen) atoms. The number of benzene rings is 2. The quantitative estimate of drug-likeness (QED) is 0.456. The molecule has 2 aromatic rings. The number of aliphatic imine (C=N–C) groups is 1. The van der Waals surface area contributed by atoms with E-state index in [0.717, 1.165) is 38.3 Å². The summed E-state index contributed by atoms with van der Waals surface area (Å²) in [5.41, 5.74) is 3.78. The number of hydrogen-bond acceptors (Lipinski definition) is 3. The number of carbonyl (C=O) groups is 1. The van der Waals surface area contributed by atoms with E-state index in [1.165, 1.54) is 16.7 Å². The first-order valence-electron chi connectivity index (χ1n) is 11.1. The van der Waals surface area contributed by atoms with Crippen molar-refractivity contribution in [1.82, 2.24) is 15.5 Å². The van der Waals surface area contributed by atoms with Gasteiger partial charge in [0.1, 0.15) is 5.75 Å². The lowest BCUT2D eigenvalue weighted by Gasteiger charge is -2.23. The molecule has 166 valence electrons. The smallest absolute Gasteiger partial charge is 0.258 e. The molecule has 0 unspecified atom stereocenters. The second-order valence-electron chi connectivity index (χ2n) is 8.04. The van der Waals surface area contributed by atoms with Crippen molar-refractivity contribution in [3.05, 3.63) is 65.2 Å². The third-order valence-corrected chi connectivity index (χ3v) is 5.26. The molecule has 1 aliphatic carbocycles. The minimum absolute atomic E-state index is 0.0494. The maximum Gasteiger partial charge on any atom is 0.258 e. The fraction of sp³-hybridized carbons (Fsp3) is 0.440. The maximum atomic E-state index is 11.7. The van der Waals surface area contributed by atoms with Gasteiger partial charge in [0, 0.05) is 32.7 Å². The van der Waals surface area contributed by atoms with Crippen molar-refractivity contribution in [2.24, 2.45) is 4.99 Å². The topological polar surface area (TPSA) is 66.0 Å². The van der Waals surface area contributed by atoms with Gasteiger partial charge in [0.2, 0.25) is 0 Å². The molecule has 2 N–H and O–H groups in total. The van der Waals surface area contributed by atoms with Crippen LogP contribution in [0.4, 0.5) is 0 Å². The lowest BCUT2D eigenvalue weighted by Crippen LogP contribution is -2.38. The van der Waals surface area contributed by atoms with Gasteiger partial charge in [-0.05, 0) is 61.9 Å². The van der Waals surface area contributed by atoms with Crippen LogP contribution >= 0.6 is 0 Å². The van der Waals surface area contributed by atoms with Crippen LogP contribution in [0.5, 0.6) is 5.75 Å². The molecule has 0 atom stereocenters. The van der Waals surface area contributed by atoms with E-state index in [-0.39, 0.29) is 12.5 Å². The molecule has 6 nitrogen and oxygen atoms in total. The summed E-state index contributed by atoms with van der Waals surface area (Å²) in [6, 6.07) is 16.7. The van der Waals surface area contributed by atoms with Gasteiger partial charge in [0.25, 0.3) is 5.91 Å². The molecule has 2 aromatic carbocycles. The number of nitrogens with zero attached hydrogens (tertiary/aromatic N) is 2. The number of ether oxygens (including phenoxy) is 1. The number of rotatable bonds is 10. The van der Waals surface area contributed by atoms with Gasteiger partial charge in [-0.1, -0.05) is 36.4 Å². The van der Waals surface area contributed by atoms with Crippen LogP contribution in [0.15, 0.2) is 53.5 Å². The van der Waals surface area contributed by atoms with E-state index in [1.54, 1.807) is 0 Å². The Morgan fingerprint density at radius 1 is 1.16 bits per heavy atom. The molecule has 0 radical (unpaired) electrons. The second-order valence-corrected chi connectivity index (χ2v) is 8.04. The van der Waals surface area contributed by atoms with Crippen molar-refractivity contribution >= 4 is 11.9 Å². The van der Waals surface area contributed by atoms with Crippen LogP contribution in [0.3, 0.4) is 0 Å². The van der Waals surface area contributed by atoms with E-state index >= 15 is 0 Å². The number of hydrogen-bond donors (Lipinski definition) is 2. The highest BCUT2D eigenvalue weighted by Crippen LogP contribution is 2.18. The summed E-state index contributed by atoms with van der Waals surface area (Å²) in [6.45, 7) is 6.64. The highest BCUT2D eigenvalue weighted by molar-refractivity contribution is 5.79. The van der Waals surface area contributed by atoms with E-state index in [2.05, 4.69) is 60.7 Å². The Hall–Kier alpha value is -3.02. The van der Waals surface area contributed by atoms with E-state index < -0.39 is 0 Å². The third kappa shape index (κ3) is 7.63. The predicted octanol–water partition coefficient (Wildman–Crippen LogP) is 3.29. The summed E-state index contributed by atoms with van der Waals surface area (Å²) in [7, 11) is 2.07. The van der Waals surface area contributed by atoms with Gasteiger partial charge < -0.3 is 20.3 Å². The fourth-order valence-electron chi connectivity index (χ4n) is 3.28. The molecular formula is C25H34N4O2. The minimum atomic E-state index is -0.0494. The first-order valence-corrected chi connectivity index (χ1v) is 11.1. The van der Waals surface area contributed by atoms with Gasteiger partial charge in [-0.3, -0.25) is 9.79 Å². The van der Waals surface area contributed by atoms with E-state index in [9.17, 15) is 4.79 Å². The molecule has 0 aliphatic heterocycles. The van der Waals surface area contributed by atoms with E-state index in [0.29, 0.717) is 18.3 Å². The average Bonchev–Trinajstić information content (AvgIpc) is 3.58. The highest BCUT2D eigenvalue weighted by Gasteiger charge is 2.23. The van der Waals surface area contributed by atoms with E-state index in [4.69, 9.17) is 9.73 Å². The number of carbonyl (C=O) groups excluding carboxylic acids is 1. The molecule has 0 heterocycles. The Morgan fingerprint density at radius 2 is 1.90 bits per heavy atom. The largest absolute Gasteiger partial charge is 0.484 e. The molecule has 1 saturated carbocycles. The van der Waals surface area contributed by atoms with Crippen LogP contribution in [-0.2, 0) is 17.8 Å². The Labute approximate surface area is 185 Å². The van der Waals surface area contributed by atoms with Crippen molar-refractivity contribution in [1.29, 1.82) is 0 Å². The van der Waals surface area contributed by atoms with Crippen LogP contribution in [0.2, 0.25) is 0 Å². The average molecular weight is 423 g/mol. The molecular weight excluding hydrogens is 388 g/mol. The first-order chi connectivity index (χ1) is 15.0. The van der Waals surface area contributed by atoms with Crippen LogP contribution in [0, 0.1) is 6.92 Å². The third-order valence-electron chi connectivity index (χ3n) is 5.26. The Morgan fingerprint density at radius 3 is 2.58 bits per heavy atom. The van der Waals surface area contributed by atoms with Gasteiger partial charge in [0.15, 0.2) is 12.6 Å². The van der Waals surface area contributed by atoms with Crippen molar-refractivity contribution in [3.63, 3.8) is 0 Å². The summed E-state index contributed by atoms with van der Waals surface area (Å²) >= 11 is 0. The zero-order valence-corrected chi connectivity index (χ0v) is 18.9. The van der Waals surface area contributed by atoms with Crippen molar-refractivity contribution in [3.8, 4) is 5.75 Å². The zero-order chi connectivity index (χ0) is 22.1. The Balaban J connectivity index is 1.48. The zero-order valence-electron chi connectivity index (χ0n) is 18.9. The van der Waals surface area contributed by atoms with Crippen molar-refractivity contribution in [2.45, 2.75) is 45.7 Å². The van der Waals surface area contributed by atoms with Crippen LogP contribution in [0.1, 0.15) is 36.5 Å². The molecule has 0 saturated heterocycles. The predicted molar refractivity (Wildman–Crippen MR) is 125 cm³/mol. The Bertz CT molecular complexity index is 875. The van der Waals surface area contributed by atoms with Crippen molar-refractivity contribution < 1.29 is 9.53 Å². The monoisotopic (exact) mass is 422 g/mol. The summed E-state index contributed by atoms with van der Waals surface area (Å²) < 4.78 is 5.57. The molecule has 6 heteroatoms. The molecule has 1 aliphatic rings. The summed E-state index contributed by atoms with van der Waals surface area (Å²) in [4.78, 5) is 18.7. The Kier molecular flexibility index (Phi) is 8.33. The SMILES string of the molecule is CCNC(=NCCc1ccc(OCC(=O)NC2CC2)cc1)N(C)Cc1ccccc1C. The molecule has 3 rings (SSSR count). The van der Waals surface area contributed by atoms with Crippen molar-refractivity contribution in [2.75, 3.05) is 26.7 Å². The number of aryl methyl sites for hydroxylation is 1. The minimum Gasteiger partial charge on any atom is -0.484 e. The molecule has 1 fully saturated rings. The van der Waals surface area contributed by atoms with Crippen LogP contribution in [0.25, 0.3) is 0 Å². The van der Waals surface area contributed by atoms with Crippen LogP contribution in [-0.4, -0.2) is 49.6 Å². The summed E-state index contributed by atoms with van der Waals surface area (Å²) in [5.74, 6) is 1.57. The lowest BCUT2D eigenvalue weighted by molar-refractivity contribution is -0.123.